The quantitative estimate of drug-likeness (QED) is 0.773. The molecule has 0 bridgehead atoms. The van der Waals surface area contributed by atoms with E-state index >= 15 is 0 Å². The number of fused-ring (bicyclic) bond motifs is 3. The largest absolute Gasteiger partial charge is 0.377 e. The molecule has 2 heterocycles. The highest BCUT2D eigenvalue weighted by atomic mass is 35.5. The number of rotatable bonds is 1. The summed E-state index contributed by atoms with van der Waals surface area (Å²) >= 11 is 6.05. The molecule has 2 aliphatic rings. The van der Waals surface area contributed by atoms with Gasteiger partial charge in [-0.05, 0) is 43.0 Å². The second-order valence-electron chi connectivity index (χ2n) is 6.31. The molecule has 1 fully saturated rings. The lowest BCUT2D eigenvalue weighted by molar-refractivity contribution is -0.0381. The van der Waals surface area contributed by atoms with E-state index in [4.69, 9.17) is 16.3 Å². The highest BCUT2D eigenvalue weighted by Gasteiger charge is 2.40. The zero-order valence-corrected chi connectivity index (χ0v) is 13.4. The summed E-state index contributed by atoms with van der Waals surface area (Å²) in [5.74, 6) is 0.476. The van der Waals surface area contributed by atoms with E-state index in [2.05, 4.69) is 42.6 Å². The molecule has 1 N–H and O–H groups in total. The summed E-state index contributed by atoms with van der Waals surface area (Å²) in [4.78, 5) is 0. The second-order valence-corrected chi connectivity index (χ2v) is 6.75. The number of para-hydroxylation sites is 1. The molecule has 0 radical (unpaired) electrons. The maximum Gasteiger partial charge on any atom is 0.0895 e. The molecule has 114 valence electrons. The first kappa shape index (κ1) is 14.1. The SMILES string of the molecule is Cc1cccc2c1N[C@H](c1ccc(Cl)cc1)[C@H]1CCCO[C@@H]21. The topological polar surface area (TPSA) is 21.3 Å². The fourth-order valence-corrected chi connectivity index (χ4v) is 3.98. The van der Waals surface area contributed by atoms with Crippen LogP contribution in [-0.2, 0) is 4.74 Å². The van der Waals surface area contributed by atoms with Crippen molar-refractivity contribution in [3.63, 3.8) is 0 Å². The van der Waals surface area contributed by atoms with Gasteiger partial charge in [-0.25, -0.2) is 0 Å². The molecule has 0 amide bonds. The van der Waals surface area contributed by atoms with Gasteiger partial charge in [0, 0.05) is 28.8 Å². The Hall–Kier alpha value is -1.51. The third-order valence-electron chi connectivity index (χ3n) is 4.94. The average Bonchev–Trinajstić information content (AvgIpc) is 2.55. The van der Waals surface area contributed by atoms with Gasteiger partial charge in [-0.15, -0.1) is 0 Å². The van der Waals surface area contributed by atoms with E-state index in [1.165, 1.54) is 28.8 Å². The number of hydrogen-bond acceptors (Lipinski definition) is 2. The van der Waals surface area contributed by atoms with Crippen LogP contribution >= 0.6 is 11.6 Å². The van der Waals surface area contributed by atoms with Crippen molar-refractivity contribution in [1.82, 2.24) is 0 Å². The summed E-state index contributed by atoms with van der Waals surface area (Å²) in [6, 6.07) is 15.0. The molecule has 0 spiro atoms. The van der Waals surface area contributed by atoms with Crippen molar-refractivity contribution >= 4 is 17.3 Å². The maximum atomic E-state index is 6.17. The number of halogens is 1. The van der Waals surface area contributed by atoms with E-state index in [0.717, 1.165) is 18.1 Å². The van der Waals surface area contributed by atoms with Gasteiger partial charge in [0.15, 0.2) is 0 Å². The Labute approximate surface area is 136 Å². The van der Waals surface area contributed by atoms with Crippen LogP contribution in [0.25, 0.3) is 0 Å². The summed E-state index contributed by atoms with van der Waals surface area (Å²) in [5.41, 5.74) is 5.13. The van der Waals surface area contributed by atoms with Crippen LogP contribution in [0.4, 0.5) is 5.69 Å². The molecule has 2 nitrogen and oxygen atoms in total. The normalized spacial score (nSPS) is 26.7. The average molecular weight is 314 g/mol. The van der Waals surface area contributed by atoms with Gasteiger partial charge < -0.3 is 10.1 Å². The smallest absolute Gasteiger partial charge is 0.0895 e. The first-order valence-corrected chi connectivity index (χ1v) is 8.35. The third-order valence-corrected chi connectivity index (χ3v) is 5.19. The Morgan fingerprint density at radius 1 is 1.14 bits per heavy atom. The van der Waals surface area contributed by atoms with E-state index in [-0.39, 0.29) is 12.1 Å². The lowest BCUT2D eigenvalue weighted by atomic mass is 9.77. The van der Waals surface area contributed by atoms with Crippen LogP contribution in [-0.4, -0.2) is 6.61 Å². The Morgan fingerprint density at radius 2 is 1.95 bits per heavy atom. The number of nitrogens with one attached hydrogen (secondary N) is 1. The Bertz CT molecular complexity index is 682. The van der Waals surface area contributed by atoms with Crippen LogP contribution in [0.2, 0.25) is 5.02 Å². The van der Waals surface area contributed by atoms with Gasteiger partial charge in [0.1, 0.15) is 0 Å². The summed E-state index contributed by atoms with van der Waals surface area (Å²) in [6.45, 7) is 3.02. The first-order valence-electron chi connectivity index (χ1n) is 7.97. The van der Waals surface area contributed by atoms with Crippen LogP contribution < -0.4 is 5.32 Å². The fraction of sp³-hybridized carbons (Fsp3) is 0.368. The molecule has 0 aliphatic carbocycles. The molecule has 4 rings (SSSR count). The highest BCUT2D eigenvalue weighted by molar-refractivity contribution is 6.30. The molecular weight excluding hydrogens is 294 g/mol. The lowest BCUT2D eigenvalue weighted by Gasteiger charge is -2.44. The van der Waals surface area contributed by atoms with E-state index in [1.807, 2.05) is 12.1 Å². The number of aryl methyl sites for hydroxylation is 1. The van der Waals surface area contributed by atoms with Crippen molar-refractivity contribution < 1.29 is 4.74 Å². The summed E-state index contributed by atoms with van der Waals surface area (Å²) in [6.07, 6.45) is 2.53. The van der Waals surface area contributed by atoms with E-state index in [9.17, 15) is 0 Å². The molecule has 0 unspecified atom stereocenters. The van der Waals surface area contributed by atoms with E-state index in [1.54, 1.807) is 0 Å². The third kappa shape index (κ3) is 2.31. The summed E-state index contributed by atoms with van der Waals surface area (Å²) < 4.78 is 6.17. The molecular formula is C19H20ClNO. The van der Waals surface area contributed by atoms with Gasteiger partial charge in [-0.2, -0.15) is 0 Å². The van der Waals surface area contributed by atoms with Crippen molar-refractivity contribution in [2.45, 2.75) is 31.9 Å². The Kier molecular flexibility index (Phi) is 3.59. The molecule has 2 aromatic carbocycles. The molecule has 22 heavy (non-hydrogen) atoms. The highest BCUT2D eigenvalue weighted by Crippen LogP contribution is 2.49. The van der Waals surface area contributed by atoms with Crippen LogP contribution in [0.1, 0.15) is 41.7 Å². The maximum absolute atomic E-state index is 6.17. The van der Waals surface area contributed by atoms with E-state index < -0.39 is 0 Å². The summed E-state index contributed by atoms with van der Waals surface area (Å²) in [5, 5.41) is 4.56. The van der Waals surface area contributed by atoms with Crippen LogP contribution in [0.15, 0.2) is 42.5 Å². The zero-order valence-electron chi connectivity index (χ0n) is 12.7. The minimum atomic E-state index is 0.200. The van der Waals surface area contributed by atoms with Crippen molar-refractivity contribution in [2.24, 2.45) is 5.92 Å². The molecule has 2 aliphatic heterocycles. The van der Waals surface area contributed by atoms with Crippen LogP contribution in [0, 0.1) is 12.8 Å². The number of hydrogen-bond donors (Lipinski definition) is 1. The number of benzene rings is 2. The van der Waals surface area contributed by atoms with Crippen molar-refractivity contribution in [1.29, 1.82) is 0 Å². The molecule has 0 saturated carbocycles. The summed E-state index contributed by atoms with van der Waals surface area (Å²) in [7, 11) is 0. The molecule has 1 saturated heterocycles. The Balaban J connectivity index is 1.79. The van der Waals surface area contributed by atoms with Gasteiger partial charge in [-0.3, -0.25) is 0 Å². The van der Waals surface area contributed by atoms with Crippen LogP contribution in [0.5, 0.6) is 0 Å². The van der Waals surface area contributed by atoms with Gasteiger partial charge in [0.2, 0.25) is 0 Å². The fourth-order valence-electron chi connectivity index (χ4n) is 3.85. The number of anilines is 1. The minimum absolute atomic E-state index is 0.200. The molecule has 2 aromatic rings. The zero-order chi connectivity index (χ0) is 15.1. The molecule has 3 heteroatoms. The van der Waals surface area contributed by atoms with Crippen LogP contribution in [0.3, 0.4) is 0 Å². The minimum Gasteiger partial charge on any atom is -0.377 e. The van der Waals surface area contributed by atoms with E-state index in [0.29, 0.717) is 5.92 Å². The van der Waals surface area contributed by atoms with Gasteiger partial charge in [-0.1, -0.05) is 41.9 Å². The predicted octanol–water partition coefficient (Wildman–Crippen LogP) is 5.28. The van der Waals surface area contributed by atoms with Gasteiger partial charge in [0.05, 0.1) is 12.1 Å². The molecule has 0 aromatic heterocycles. The first-order chi connectivity index (χ1) is 10.7. The van der Waals surface area contributed by atoms with Crippen molar-refractivity contribution in [3.05, 3.63) is 64.2 Å². The number of ether oxygens (including phenoxy) is 1. The van der Waals surface area contributed by atoms with Crippen molar-refractivity contribution in [2.75, 3.05) is 11.9 Å². The second kappa shape index (κ2) is 5.60. The molecule has 3 atom stereocenters. The Morgan fingerprint density at radius 3 is 2.77 bits per heavy atom. The van der Waals surface area contributed by atoms with Crippen molar-refractivity contribution in [3.8, 4) is 0 Å². The van der Waals surface area contributed by atoms with Gasteiger partial charge >= 0.3 is 0 Å². The standard InChI is InChI=1S/C19H20ClNO/c1-12-4-2-5-15-17(12)21-18(13-7-9-14(20)10-8-13)16-6-3-11-22-19(15)16/h2,4-5,7-10,16,18-19,21H,3,6,11H2,1H3/t16-,18-,19+/m1/s1. The monoisotopic (exact) mass is 313 g/mol. The van der Waals surface area contributed by atoms with Gasteiger partial charge in [0.25, 0.3) is 0 Å². The lowest BCUT2D eigenvalue weighted by Crippen LogP contribution is -2.36. The predicted molar refractivity (Wildman–Crippen MR) is 90.4 cm³/mol.